The molecule has 180 valence electrons. The van der Waals surface area contributed by atoms with Crippen LogP contribution in [0.2, 0.25) is 0 Å². The third-order valence-corrected chi connectivity index (χ3v) is 6.42. The number of hydrogen-bond acceptors (Lipinski definition) is 5. The number of hydrogen-bond donors (Lipinski definition) is 2. The van der Waals surface area contributed by atoms with Gasteiger partial charge in [-0.05, 0) is 56.0 Å². The van der Waals surface area contributed by atoms with Gasteiger partial charge in [-0.3, -0.25) is 4.79 Å². The van der Waals surface area contributed by atoms with Gasteiger partial charge in [-0.1, -0.05) is 18.6 Å². The third-order valence-electron chi connectivity index (χ3n) is 6.42. The van der Waals surface area contributed by atoms with E-state index >= 15 is 0 Å². The molecule has 3 heterocycles. The van der Waals surface area contributed by atoms with Gasteiger partial charge in [0.1, 0.15) is 23.3 Å². The standard InChI is InChI=1S/C26H26F2N6O/c1-2-16-5-8-21-23(20(13-16)26(35)32-22-9-10-29-15-30-22)33-25(31-21)18-7-6-17(14-19(18)24(27)28)34-11-3-4-12-34/h6-10,13-15,24H,2-5,11-12H2,1H3,(H,31,33)(H,29,30,32,35). The Hall–Kier alpha value is -3.88. The molecule has 0 saturated carbocycles. The van der Waals surface area contributed by atoms with Crippen LogP contribution in [-0.4, -0.2) is 38.9 Å². The number of H-pyrrole nitrogens is 1. The molecule has 1 saturated heterocycles. The van der Waals surface area contributed by atoms with Gasteiger partial charge in [-0.25, -0.2) is 23.7 Å². The highest BCUT2D eigenvalue weighted by Gasteiger charge is 2.22. The van der Waals surface area contributed by atoms with E-state index in [-0.39, 0.29) is 11.5 Å². The predicted molar refractivity (Wildman–Crippen MR) is 131 cm³/mol. The molecule has 2 N–H and O–H groups in total. The molecule has 1 amide bonds. The van der Waals surface area contributed by atoms with E-state index in [9.17, 15) is 13.6 Å². The fraction of sp³-hybridized carbons (Fsp3) is 0.308. The van der Waals surface area contributed by atoms with Crippen LogP contribution in [0, 0.1) is 0 Å². The molecule has 0 bridgehead atoms. The number of anilines is 2. The number of imidazole rings is 1. The van der Waals surface area contributed by atoms with Crippen LogP contribution in [-0.2, 0) is 4.79 Å². The Morgan fingerprint density at radius 1 is 1.23 bits per heavy atom. The molecule has 9 heteroatoms. The number of nitrogens with one attached hydrogen (secondary N) is 2. The van der Waals surface area contributed by atoms with Crippen LogP contribution < -0.4 is 20.9 Å². The van der Waals surface area contributed by atoms with Crippen molar-refractivity contribution in [1.29, 1.82) is 0 Å². The summed E-state index contributed by atoms with van der Waals surface area (Å²) in [5, 5.41) is 3.84. The first-order chi connectivity index (χ1) is 17.0. The summed E-state index contributed by atoms with van der Waals surface area (Å²) in [5.74, 6) is 0.310. The first-order valence-corrected chi connectivity index (χ1v) is 11.8. The van der Waals surface area contributed by atoms with Crippen LogP contribution in [0.4, 0.5) is 20.3 Å². The largest absolute Gasteiger partial charge is 0.372 e. The van der Waals surface area contributed by atoms with Crippen molar-refractivity contribution in [2.45, 2.75) is 39.0 Å². The number of amides is 1. The lowest BCUT2D eigenvalue weighted by Crippen LogP contribution is -2.30. The van der Waals surface area contributed by atoms with E-state index in [4.69, 9.17) is 0 Å². The first kappa shape index (κ1) is 22.9. The van der Waals surface area contributed by atoms with Crippen molar-refractivity contribution in [3.8, 4) is 11.4 Å². The fourth-order valence-electron chi connectivity index (χ4n) is 4.52. The SMILES string of the molecule is CCC1=CC(C(=O)Nc2ccncn2)=c2nc(-c3ccc(N4CCCC4)cc3C(F)F)[nH]c2=CC1. The van der Waals surface area contributed by atoms with E-state index in [2.05, 4.69) is 30.2 Å². The molecule has 0 atom stereocenters. The highest BCUT2D eigenvalue weighted by Crippen LogP contribution is 2.33. The Bertz CT molecular complexity index is 1390. The highest BCUT2D eigenvalue weighted by molar-refractivity contribution is 6.23. The number of aromatic nitrogens is 4. The van der Waals surface area contributed by atoms with Crippen LogP contribution in [0.15, 0.2) is 48.4 Å². The number of carbonyl (C=O) groups excluding carboxylic acids is 1. The zero-order valence-electron chi connectivity index (χ0n) is 19.4. The maximum absolute atomic E-state index is 14.1. The normalized spacial score (nSPS) is 15.5. The van der Waals surface area contributed by atoms with Gasteiger partial charge in [0, 0.05) is 36.1 Å². The molecule has 0 spiro atoms. The maximum Gasteiger partial charge on any atom is 0.264 e. The second-order valence-corrected chi connectivity index (χ2v) is 8.64. The zero-order valence-corrected chi connectivity index (χ0v) is 19.4. The van der Waals surface area contributed by atoms with E-state index in [1.54, 1.807) is 18.2 Å². The molecule has 5 rings (SSSR count). The average Bonchev–Trinajstić information content (AvgIpc) is 3.52. The van der Waals surface area contributed by atoms with Crippen LogP contribution in [0.5, 0.6) is 0 Å². The quantitative estimate of drug-likeness (QED) is 0.567. The van der Waals surface area contributed by atoms with E-state index < -0.39 is 6.43 Å². The van der Waals surface area contributed by atoms with Crippen molar-refractivity contribution < 1.29 is 13.6 Å². The molecule has 1 aliphatic carbocycles. The van der Waals surface area contributed by atoms with E-state index in [1.807, 2.05) is 25.1 Å². The molecule has 0 unspecified atom stereocenters. The van der Waals surface area contributed by atoms with Crippen molar-refractivity contribution in [2.24, 2.45) is 0 Å². The lowest BCUT2D eigenvalue weighted by atomic mass is 10.1. The Balaban J connectivity index is 1.61. The minimum Gasteiger partial charge on any atom is -0.372 e. The van der Waals surface area contributed by atoms with Gasteiger partial charge in [0.2, 0.25) is 0 Å². The summed E-state index contributed by atoms with van der Waals surface area (Å²) in [5.41, 5.74) is 2.48. The van der Waals surface area contributed by atoms with Gasteiger partial charge in [0.15, 0.2) is 0 Å². The van der Waals surface area contributed by atoms with Crippen molar-refractivity contribution in [3.63, 3.8) is 0 Å². The molecular weight excluding hydrogens is 450 g/mol. The zero-order chi connectivity index (χ0) is 24.4. The lowest BCUT2D eigenvalue weighted by Gasteiger charge is -2.19. The van der Waals surface area contributed by atoms with Gasteiger partial charge in [0.25, 0.3) is 12.3 Å². The predicted octanol–water partition coefficient (Wildman–Crippen LogP) is 3.71. The van der Waals surface area contributed by atoms with Gasteiger partial charge in [0.05, 0.1) is 10.9 Å². The van der Waals surface area contributed by atoms with Crippen LogP contribution in [0.1, 0.15) is 44.6 Å². The number of benzene rings is 1. The molecule has 2 aromatic heterocycles. The van der Waals surface area contributed by atoms with E-state index in [1.165, 1.54) is 12.5 Å². The summed E-state index contributed by atoms with van der Waals surface area (Å²) in [4.78, 5) is 31.1. The van der Waals surface area contributed by atoms with Gasteiger partial charge < -0.3 is 15.2 Å². The second kappa shape index (κ2) is 9.77. The Labute approximate surface area is 201 Å². The number of nitrogens with zero attached hydrogens (tertiary/aromatic N) is 4. The average molecular weight is 477 g/mol. The van der Waals surface area contributed by atoms with Gasteiger partial charge >= 0.3 is 0 Å². The molecule has 7 nitrogen and oxygen atoms in total. The molecule has 1 aliphatic heterocycles. The summed E-state index contributed by atoms with van der Waals surface area (Å²) in [6, 6.07) is 6.72. The second-order valence-electron chi connectivity index (χ2n) is 8.64. The van der Waals surface area contributed by atoms with Gasteiger partial charge in [-0.15, -0.1) is 0 Å². The number of alkyl halides is 2. The monoisotopic (exact) mass is 476 g/mol. The molecular formula is C26H26F2N6O. The van der Waals surface area contributed by atoms with Crippen molar-refractivity contribution in [2.75, 3.05) is 23.3 Å². The summed E-state index contributed by atoms with van der Waals surface area (Å²) >= 11 is 0. The molecule has 1 fully saturated rings. The topological polar surface area (TPSA) is 86.8 Å². The Kier molecular flexibility index (Phi) is 6.39. The molecule has 2 aliphatic rings. The number of halogens is 2. The van der Waals surface area contributed by atoms with Crippen LogP contribution >= 0.6 is 0 Å². The fourth-order valence-corrected chi connectivity index (χ4v) is 4.52. The maximum atomic E-state index is 14.1. The highest BCUT2D eigenvalue weighted by atomic mass is 19.3. The van der Waals surface area contributed by atoms with Crippen molar-refractivity contribution >= 4 is 29.1 Å². The number of fused-ring (bicyclic) bond motifs is 1. The van der Waals surface area contributed by atoms with E-state index in [0.29, 0.717) is 39.9 Å². The number of allylic oxidation sites excluding steroid dienone is 1. The summed E-state index contributed by atoms with van der Waals surface area (Å²) < 4.78 is 28.2. The smallest absolute Gasteiger partial charge is 0.264 e. The summed E-state index contributed by atoms with van der Waals surface area (Å²) in [7, 11) is 0. The minimum absolute atomic E-state index is 0.0740. The number of carbonyl (C=O) groups is 1. The first-order valence-electron chi connectivity index (χ1n) is 11.8. The molecule has 1 aromatic carbocycles. The molecule has 0 radical (unpaired) electrons. The molecule has 35 heavy (non-hydrogen) atoms. The minimum atomic E-state index is -2.66. The number of aromatic amines is 1. The van der Waals surface area contributed by atoms with Crippen molar-refractivity contribution in [3.05, 3.63) is 64.7 Å². The van der Waals surface area contributed by atoms with Crippen LogP contribution in [0.3, 0.4) is 0 Å². The molecule has 3 aromatic rings. The van der Waals surface area contributed by atoms with Crippen molar-refractivity contribution in [1.82, 2.24) is 19.9 Å². The Morgan fingerprint density at radius 2 is 2.06 bits per heavy atom. The summed E-state index contributed by atoms with van der Waals surface area (Å²) in [6.45, 7) is 3.77. The third kappa shape index (κ3) is 4.71. The van der Waals surface area contributed by atoms with E-state index in [0.717, 1.165) is 43.6 Å². The lowest BCUT2D eigenvalue weighted by molar-refractivity contribution is -0.111. The Morgan fingerprint density at radius 3 is 2.77 bits per heavy atom. The van der Waals surface area contributed by atoms with Gasteiger partial charge in [-0.2, -0.15) is 0 Å². The van der Waals surface area contributed by atoms with Crippen LogP contribution in [0.25, 0.3) is 23.0 Å². The number of rotatable bonds is 6. The summed E-state index contributed by atoms with van der Waals surface area (Å²) in [6.07, 6.45) is 7.54.